The maximum atomic E-state index is 11.0. The summed E-state index contributed by atoms with van der Waals surface area (Å²) in [6, 6.07) is 0. The largest absolute Gasteiger partial charge is 0.458 e. The van der Waals surface area contributed by atoms with Crippen LogP contribution < -0.4 is 0 Å². The summed E-state index contributed by atoms with van der Waals surface area (Å²) in [5.41, 5.74) is 0. The fourth-order valence-electron chi connectivity index (χ4n) is 1.65. The lowest BCUT2D eigenvalue weighted by Gasteiger charge is -2.34. The van der Waals surface area contributed by atoms with Crippen LogP contribution in [0.1, 0.15) is 27.2 Å². The summed E-state index contributed by atoms with van der Waals surface area (Å²) in [6.07, 6.45) is -2.02. The molecule has 0 aromatic carbocycles. The Morgan fingerprint density at radius 1 is 0.889 bits per heavy atom. The van der Waals surface area contributed by atoms with Gasteiger partial charge in [-0.2, -0.15) is 0 Å². The van der Waals surface area contributed by atoms with Gasteiger partial charge in [0.1, 0.15) is 6.10 Å². The van der Waals surface area contributed by atoms with Gasteiger partial charge in [-0.3, -0.25) is 14.4 Å². The van der Waals surface area contributed by atoms with Crippen molar-refractivity contribution >= 4 is 17.9 Å². The third kappa shape index (κ3) is 4.70. The number of rotatable bonds is 3. The lowest BCUT2D eigenvalue weighted by atomic mass is 10.1. The first-order valence-corrected chi connectivity index (χ1v) is 5.51. The van der Waals surface area contributed by atoms with Crippen LogP contribution in [0.3, 0.4) is 0 Å². The van der Waals surface area contributed by atoms with Crippen LogP contribution in [0.4, 0.5) is 0 Å². The maximum absolute atomic E-state index is 11.0. The topological polar surface area (TPSA) is 88.1 Å². The quantitative estimate of drug-likeness (QED) is 0.527. The molecule has 1 aliphatic heterocycles. The first-order valence-electron chi connectivity index (χ1n) is 5.51. The Hall–Kier alpha value is -1.63. The van der Waals surface area contributed by atoms with Crippen molar-refractivity contribution in [3.8, 4) is 0 Å². The molecule has 0 N–H and O–H groups in total. The van der Waals surface area contributed by atoms with E-state index in [-0.39, 0.29) is 13.0 Å². The molecule has 3 atom stereocenters. The van der Waals surface area contributed by atoms with E-state index in [0.717, 1.165) is 0 Å². The minimum Gasteiger partial charge on any atom is -0.458 e. The van der Waals surface area contributed by atoms with Crippen LogP contribution in [0.25, 0.3) is 0 Å². The van der Waals surface area contributed by atoms with Crippen molar-refractivity contribution < 1.29 is 33.3 Å². The van der Waals surface area contributed by atoms with Gasteiger partial charge in [0.05, 0.1) is 13.0 Å². The summed E-state index contributed by atoms with van der Waals surface area (Å²) in [7, 11) is 0. The molecule has 102 valence electrons. The minimum absolute atomic E-state index is 0.00940. The second kappa shape index (κ2) is 6.34. The van der Waals surface area contributed by atoms with E-state index in [1.807, 2.05) is 0 Å². The predicted octanol–water partition coefficient (Wildman–Crippen LogP) is 0.159. The van der Waals surface area contributed by atoms with Gasteiger partial charge in [0.25, 0.3) is 0 Å². The smallest absolute Gasteiger partial charge is 0.304 e. The van der Waals surface area contributed by atoms with Gasteiger partial charge >= 0.3 is 17.9 Å². The molecule has 0 radical (unpaired) electrons. The molecule has 1 aliphatic rings. The number of carbonyl (C=O) groups is 3. The monoisotopic (exact) mass is 260 g/mol. The van der Waals surface area contributed by atoms with E-state index >= 15 is 0 Å². The molecule has 3 unspecified atom stereocenters. The Morgan fingerprint density at radius 2 is 1.39 bits per heavy atom. The molecule has 18 heavy (non-hydrogen) atoms. The number of hydrogen-bond donors (Lipinski definition) is 0. The second-order valence-electron chi connectivity index (χ2n) is 3.90. The lowest BCUT2D eigenvalue weighted by Crippen LogP contribution is -2.46. The molecule has 7 nitrogen and oxygen atoms in total. The van der Waals surface area contributed by atoms with Crippen molar-refractivity contribution in [3.05, 3.63) is 0 Å². The number of ether oxygens (including phenoxy) is 4. The van der Waals surface area contributed by atoms with Crippen molar-refractivity contribution in [2.45, 2.75) is 45.7 Å². The lowest BCUT2D eigenvalue weighted by molar-refractivity contribution is -0.228. The Labute approximate surface area is 104 Å². The van der Waals surface area contributed by atoms with Gasteiger partial charge < -0.3 is 18.9 Å². The second-order valence-corrected chi connectivity index (χ2v) is 3.90. The molecule has 7 heteroatoms. The number of esters is 3. The van der Waals surface area contributed by atoms with Gasteiger partial charge in [-0.15, -0.1) is 0 Å². The van der Waals surface area contributed by atoms with Crippen molar-refractivity contribution in [1.82, 2.24) is 0 Å². The average Bonchev–Trinajstić information content (AvgIpc) is 2.19. The highest BCUT2D eigenvalue weighted by Gasteiger charge is 2.37. The van der Waals surface area contributed by atoms with Gasteiger partial charge in [-0.1, -0.05) is 0 Å². The molecule has 0 spiro atoms. The Bertz CT molecular complexity index is 338. The summed E-state index contributed by atoms with van der Waals surface area (Å²) in [4.78, 5) is 32.7. The van der Waals surface area contributed by atoms with Gasteiger partial charge in [-0.25, -0.2) is 0 Å². The fourth-order valence-corrected chi connectivity index (χ4v) is 1.65. The molecular weight excluding hydrogens is 244 g/mol. The zero-order valence-electron chi connectivity index (χ0n) is 10.5. The predicted molar refractivity (Wildman–Crippen MR) is 57.2 cm³/mol. The Morgan fingerprint density at radius 3 is 1.89 bits per heavy atom. The summed E-state index contributed by atoms with van der Waals surface area (Å²) < 4.78 is 20.1. The third-order valence-electron chi connectivity index (χ3n) is 2.22. The highest BCUT2D eigenvalue weighted by Crippen LogP contribution is 2.21. The fraction of sp³-hybridized carbons (Fsp3) is 0.727. The maximum Gasteiger partial charge on any atom is 0.304 e. The van der Waals surface area contributed by atoms with Gasteiger partial charge in [-0.05, 0) is 0 Å². The molecule has 1 saturated heterocycles. The molecular formula is C11H16O7. The van der Waals surface area contributed by atoms with E-state index < -0.39 is 36.4 Å². The Balaban J connectivity index is 2.62. The number of hydrogen-bond acceptors (Lipinski definition) is 7. The van der Waals surface area contributed by atoms with E-state index in [0.29, 0.717) is 0 Å². The minimum atomic E-state index is -0.793. The molecule has 0 aromatic rings. The van der Waals surface area contributed by atoms with Gasteiger partial charge in [0.2, 0.25) is 6.29 Å². The van der Waals surface area contributed by atoms with Gasteiger partial charge in [0.15, 0.2) is 6.10 Å². The van der Waals surface area contributed by atoms with Crippen LogP contribution >= 0.6 is 0 Å². The molecule has 1 fully saturated rings. The summed E-state index contributed by atoms with van der Waals surface area (Å²) in [5, 5.41) is 0. The molecule has 0 bridgehead atoms. The average molecular weight is 260 g/mol. The zero-order valence-corrected chi connectivity index (χ0v) is 10.5. The normalized spacial score (nSPS) is 27.2. The molecule has 0 saturated carbocycles. The molecule has 0 amide bonds. The highest BCUT2D eigenvalue weighted by molar-refractivity contribution is 5.67. The highest BCUT2D eigenvalue weighted by atomic mass is 16.7. The van der Waals surface area contributed by atoms with Gasteiger partial charge in [0, 0.05) is 20.8 Å². The van der Waals surface area contributed by atoms with Crippen LogP contribution in [0.2, 0.25) is 0 Å². The SMILES string of the molecule is CC(=O)OC1CC(OC(C)=O)C(OC(C)=O)CO1. The van der Waals surface area contributed by atoms with Crippen molar-refractivity contribution in [3.63, 3.8) is 0 Å². The van der Waals surface area contributed by atoms with Crippen LogP contribution in [0, 0.1) is 0 Å². The van der Waals surface area contributed by atoms with Crippen LogP contribution in [0.5, 0.6) is 0 Å². The van der Waals surface area contributed by atoms with Crippen LogP contribution in [-0.2, 0) is 33.3 Å². The summed E-state index contributed by atoms with van der Waals surface area (Å²) in [6.45, 7) is 3.77. The summed E-state index contributed by atoms with van der Waals surface area (Å²) >= 11 is 0. The first-order chi connectivity index (χ1) is 8.38. The number of carbonyl (C=O) groups excluding carboxylic acids is 3. The van der Waals surface area contributed by atoms with E-state index in [1.54, 1.807) is 0 Å². The zero-order chi connectivity index (χ0) is 13.7. The third-order valence-corrected chi connectivity index (χ3v) is 2.22. The standard InChI is InChI=1S/C11H16O7/c1-6(12)16-9-4-11(18-8(3)14)15-5-10(9)17-7(2)13/h9-11H,4-5H2,1-3H3. The molecule has 0 aliphatic carbocycles. The van der Waals surface area contributed by atoms with Crippen LogP contribution in [-0.4, -0.2) is 43.0 Å². The molecule has 1 rings (SSSR count). The van der Waals surface area contributed by atoms with Crippen molar-refractivity contribution in [2.75, 3.05) is 6.61 Å². The summed E-state index contributed by atoms with van der Waals surface area (Å²) in [5.74, 6) is -1.49. The van der Waals surface area contributed by atoms with Crippen molar-refractivity contribution in [1.29, 1.82) is 0 Å². The van der Waals surface area contributed by atoms with Crippen LogP contribution in [0.15, 0.2) is 0 Å². The van der Waals surface area contributed by atoms with E-state index in [4.69, 9.17) is 18.9 Å². The Kier molecular flexibility index (Phi) is 5.08. The van der Waals surface area contributed by atoms with E-state index in [2.05, 4.69) is 0 Å². The first kappa shape index (κ1) is 14.4. The van der Waals surface area contributed by atoms with E-state index in [9.17, 15) is 14.4 Å². The molecule has 0 aromatic heterocycles. The van der Waals surface area contributed by atoms with Crippen molar-refractivity contribution in [2.24, 2.45) is 0 Å². The van der Waals surface area contributed by atoms with E-state index in [1.165, 1.54) is 20.8 Å². The molecule has 1 heterocycles.